The molecule has 0 saturated carbocycles. The van der Waals surface area contributed by atoms with Gasteiger partial charge in [0.15, 0.2) is 0 Å². The van der Waals surface area contributed by atoms with E-state index in [1.165, 1.54) is 18.7 Å². The molecule has 35 heavy (non-hydrogen) atoms. The van der Waals surface area contributed by atoms with E-state index in [9.17, 15) is 14.4 Å². The maximum atomic E-state index is 13.2. The van der Waals surface area contributed by atoms with Gasteiger partial charge >= 0.3 is 5.97 Å². The lowest BCUT2D eigenvalue weighted by molar-refractivity contribution is -0.136. The van der Waals surface area contributed by atoms with E-state index in [1.807, 2.05) is 13.0 Å². The highest BCUT2D eigenvalue weighted by atomic mass is 35.5. The van der Waals surface area contributed by atoms with Gasteiger partial charge in [-0.3, -0.25) is 14.5 Å². The molecule has 9 heteroatoms. The van der Waals surface area contributed by atoms with Crippen molar-refractivity contribution in [2.75, 3.05) is 25.5 Å². The Balaban J connectivity index is 1.39. The van der Waals surface area contributed by atoms with E-state index in [1.54, 1.807) is 17.9 Å². The molecule has 1 aromatic carbocycles. The van der Waals surface area contributed by atoms with Crippen LogP contribution < -0.4 is 5.32 Å². The van der Waals surface area contributed by atoms with Gasteiger partial charge in [0, 0.05) is 42.8 Å². The molecule has 186 valence electrons. The fourth-order valence-corrected chi connectivity index (χ4v) is 5.13. The van der Waals surface area contributed by atoms with Gasteiger partial charge in [-0.1, -0.05) is 23.7 Å². The SMILES string of the molecule is COC(=O)c1cc(C)nc(NC(=O)[C@H]2CCC(=O)N2C2CCN(Cc3ccc(Cl)c(C)c3)CC2)c1. The third kappa shape index (κ3) is 5.82. The molecular formula is C26H31ClN4O4. The highest BCUT2D eigenvalue weighted by molar-refractivity contribution is 6.31. The summed E-state index contributed by atoms with van der Waals surface area (Å²) in [5.41, 5.74) is 3.19. The maximum Gasteiger partial charge on any atom is 0.338 e. The Morgan fingerprint density at radius 2 is 1.89 bits per heavy atom. The number of piperidine rings is 1. The molecule has 0 aliphatic carbocycles. The van der Waals surface area contributed by atoms with E-state index < -0.39 is 12.0 Å². The number of carbonyl (C=O) groups excluding carboxylic acids is 3. The van der Waals surface area contributed by atoms with Gasteiger partial charge in [-0.2, -0.15) is 0 Å². The standard InChI is InChI=1S/C26H31ClN4O4/c1-16-12-18(4-5-21(16)27)15-30-10-8-20(9-11-30)31-22(6-7-24(31)32)25(33)29-23-14-19(26(34)35-3)13-17(2)28-23/h4-5,12-14,20,22H,6-11,15H2,1-3H3,(H,28,29,33)/t22-/m1/s1. The molecule has 1 N–H and O–H groups in total. The second kappa shape index (κ2) is 10.7. The summed E-state index contributed by atoms with van der Waals surface area (Å²) in [5.74, 6) is -0.472. The largest absolute Gasteiger partial charge is 0.465 e. The summed E-state index contributed by atoms with van der Waals surface area (Å²) in [6.45, 7) is 6.29. The van der Waals surface area contributed by atoms with Gasteiger partial charge in [0.1, 0.15) is 11.9 Å². The highest BCUT2D eigenvalue weighted by Gasteiger charge is 2.41. The smallest absolute Gasteiger partial charge is 0.338 e. The van der Waals surface area contributed by atoms with Crippen LogP contribution >= 0.6 is 11.6 Å². The summed E-state index contributed by atoms with van der Waals surface area (Å²) in [6, 6.07) is 8.69. The van der Waals surface area contributed by atoms with Crippen LogP contribution in [0, 0.1) is 13.8 Å². The number of anilines is 1. The number of rotatable bonds is 6. The maximum absolute atomic E-state index is 13.2. The molecule has 2 fully saturated rings. The fraction of sp³-hybridized carbons (Fsp3) is 0.462. The summed E-state index contributed by atoms with van der Waals surface area (Å²) in [6.07, 6.45) is 2.47. The molecule has 2 aliphatic heterocycles. The number of likely N-dealkylation sites (tertiary alicyclic amines) is 2. The van der Waals surface area contributed by atoms with E-state index in [4.69, 9.17) is 16.3 Å². The first-order chi connectivity index (χ1) is 16.7. The van der Waals surface area contributed by atoms with Gasteiger partial charge in [-0.15, -0.1) is 0 Å². The normalized spacial score (nSPS) is 19.1. The van der Waals surface area contributed by atoms with Gasteiger partial charge < -0.3 is 15.0 Å². The number of carbonyl (C=O) groups is 3. The van der Waals surface area contributed by atoms with Crippen LogP contribution in [0.3, 0.4) is 0 Å². The van der Waals surface area contributed by atoms with E-state index >= 15 is 0 Å². The third-order valence-electron chi connectivity index (χ3n) is 6.76. The van der Waals surface area contributed by atoms with Crippen LogP contribution in [0.4, 0.5) is 5.82 Å². The van der Waals surface area contributed by atoms with Gasteiger partial charge in [0.25, 0.3) is 0 Å². The topological polar surface area (TPSA) is 91.8 Å². The van der Waals surface area contributed by atoms with Gasteiger partial charge in [0.2, 0.25) is 11.8 Å². The molecule has 3 heterocycles. The third-order valence-corrected chi connectivity index (χ3v) is 7.19. The molecule has 8 nitrogen and oxygen atoms in total. The number of hydrogen-bond acceptors (Lipinski definition) is 6. The number of aryl methyl sites for hydroxylation is 2. The van der Waals surface area contributed by atoms with Gasteiger partial charge in [-0.05, 0) is 62.4 Å². The summed E-state index contributed by atoms with van der Waals surface area (Å²) >= 11 is 6.15. The van der Waals surface area contributed by atoms with Crippen molar-refractivity contribution < 1.29 is 19.1 Å². The van der Waals surface area contributed by atoms with Crippen LogP contribution in [-0.4, -0.2) is 64.9 Å². The number of aromatic nitrogens is 1. The van der Waals surface area contributed by atoms with E-state index in [2.05, 4.69) is 27.3 Å². The fourth-order valence-electron chi connectivity index (χ4n) is 5.01. The molecule has 0 radical (unpaired) electrons. The molecule has 4 rings (SSSR count). The van der Waals surface area contributed by atoms with Crippen LogP contribution in [0.5, 0.6) is 0 Å². The molecule has 2 aliphatic rings. The van der Waals surface area contributed by atoms with Crippen LogP contribution in [0.25, 0.3) is 0 Å². The summed E-state index contributed by atoms with van der Waals surface area (Å²) in [5, 5.41) is 3.58. The van der Waals surface area contributed by atoms with Crippen molar-refractivity contribution in [3.63, 3.8) is 0 Å². The number of nitrogens with zero attached hydrogens (tertiary/aromatic N) is 3. The Morgan fingerprint density at radius 3 is 2.57 bits per heavy atom. The van der Waals surface area contributed by atoms with Gasteiger partial charge in [0.05, 0.1) is 12.7 Å². The Morgan fingerprint density at radius 1 is 1.14 bits per heavy atom. The number of esters is 1. The Hall–Kier alpha value is -2.97. The molecule has 2 aromatic rings. The Kier molecular flexibility index (Phi) is 7.72. The second-order valence-electron chi connectivity index (χ2n) is 9.31. The van der Waals surface area contributed by atoms with E-state index in [0.29, 0.717) is 24.1 Å². The zero-order valence-electron chi connectivity index (χ0n) is 20.3. The lowest BCUT2D eigenvalue weighted by Crippen LogP contribution is -2.51. The van der Waals surface area contributed by atoms with Crippen molar-refractivity contribution in [3.8, 4) is 0 Å². The first-order valence-electron chi connectivity index (χ1n) is 11.9. The number of methoxy groups -OCH3 is 1. The molecule has 0 bridgehead atoms. The number of halogens is 1. The molecule has 1 atom stereocenters. The predicted octanol–water partition coefficient (Wildman–Crippen LogP) is 3.73. The summed E-state index contributed by atoms with van der Waals surface area (Å²) < 4.78 is 4.78. The molecule has 0 spiro atoms. The lowest BCUT2D eigenvalue weighted by atomic mass is 10.0. The van der Waals surface area contributed by atoms with Crippen molar-refractivity contribution in [2.45, 2.75) is 58.2 Å². The predicted molar refractivity (Wildman–Crippen MR) is 133 cm³/mol. The zero-order valence-corrected chi connectivity index (χ0v) is 21.1. The first-order valence-corrected chi connectivity index (χ1v) is 12.3. The monoisotopic (exact) mass is 498 g/mol. The van der Waals surface area contributed by atoms with E-state index in [-0.39, 0.29) is 23.7 Å². The molecule has 2 saturated heterocycles. The summed E-state index contributed by atoms with van der Waals surface area (Å²) in [4.78, 5) is 46.3. The summed E-state index contributed by atoms with van der Waals surface area (Å²) in [7, 11) is 1.31. The second-order valence-corrected chi connectivity index (χ2v) is 9.72. The van der Waals surface area contributed by atoms with Crippen molar-refractivity contribution in [3.05, 3.63) is 57.7 Å². The van der Waals surface area contributed by atoms with Crippen LogP contribution in [0.2, 0.25) is 5.02 Å². The number of benzene rings is 1. The van der Waals surface area contributed by atoms with E-state index in [0.717, 1.165) is 43.1 Å². The minimum absolute atomic E-state index is 0.0179. The van der Waals surface area contributed by atoms with Crippen molar-refractivity contribution >= 4 is 35.2 Å². The minimum atomic E-state index is -0.540. The van der Waals surface area contributed by atoms with Gasteiger partial charge in [-0.25, -0.2) is 9.78 Å². The number of ether oxygens (including phenoxy) is 1. The number of amides is 2. The number of pyridine rings is 1. The quantitative estimate of drug-likeness (QED) is 0.610. The zero-order chi connectivity index (χ0) is 25.1. The van der Waals surface area contributed by atoms with Crippen LogP contribution in [0.1, 0.15) is 52.9 Å². The Bertz CT molecular complexity index is 1130. The number of hydrogen-bond donors (Lipinski definition) is 1. The number of nitrogens with one attached hydrogen (secondary N) is 1. The van der Waals surface area contributed by atoms with Crippen molar-refractivity contribution in [1.82, 2.24) is 14.8 Å². The average molecular weight is 499 g/mol. The van der Waals surface area contributed by atoms with Crippen LogP contribution in [0.15, 0.2) is 30.3 Å². The molecular weight excluding hydrogens is 468 g/mol. The first kappa shape index (κ1) is 25.1. The molecule has 0 unspecified atom stereocenters. The van der Waals surface area contributed by atoms with Crippen LogP contribution in [-0.2, 0) is 20.9 Å². The highest BCUT2D eigenvalue weighted by Crippen LogP contribution is 2.29. The van der Waals surface area contributed by atoms with Crippen molar-refractivity contribution in [1.29, 1.82) is 0 Å². The molecule has 1 aromatic heterocycles. The Labute approximate surface area is 210 Å². The lowest BCUT2D eigenvalue weighted by Gasteiger charge is -2.39. The van der Waals surface area contributed by atoms with Crippen molar-refractivity contribution in [2.24, 2.45) is 0 Å². The molecule has 2 amide bonds. The minimum Gasteiger partial charge on any atom is -0.465 e. The average Bonchev–Trinajstić information content (AvgIpc) is 3.22.